The molecular formula is C30H37N9O2. The molecule has 1 amide bonds. The number of nitrogens with zero attached hydrogens (tertiary/aromatic N) is 7. The number of rotatable bonds is 12. The SMILES string of the molecule is CCCCN(C(=O)c1ccncc1)c1ccc(C)c(Nc2ccnn2-c2cc(NCCN3CCOCC3)ncn2)c1. The molecule has 0 radical (unpaired) electrons. The molecule has 1 saturated heterocycles. The van der Waals surface area contributed by atoms with Gasteiger partial charge in [-0.3, -0.25) is 14.7 Å². The smallest absolute Gasteiger partial charge is 0.258 e. The fourth-order valence-corrected chi connectivity index (χ4v) is 4.67. The Labute approximate surface area is 240 Å². The Morgan fingerprint density at radius 2 is 1.88 bits per heavy atom. The van der Waals surface area contributed by atoms with E-state index >= 15 is 0 Å². The summed E-state index contributed by atoms with van der Waals surface area (Å²) in [7, 11) is 0. The predicted molar refractivity (Wildman–Crippen MR) is 160 cm³/mol. The zero-order valence-electron chi connectivity index (χ0n) is 23.7. The van der Waals surface area contributed by atoms with Crippen LogP contribution in [0.1, 0.15) is 35.7 Å². The van der Waals surface area contributed by atoms with Crippen LogP contribution < -0.4 is 15.5 Å². The number of hydrogen-bond donors (Lipinski definition) is 2. The molecule has 0 bridgehead atoms. The monoisotopic (exact) mass is 555 g/mol. The maximum Gasteiger partial charge on any atom is 0.258 e. The van der Waals surface area contributed by atoms with Crippen LogP contribution in [0.15, 0.2) is 67.4 Å². The Hall–Kier alpha value is -4.35. The van der Waals surface area contributed by atoms with E-state index in [1.165, 1.54) is 0 Å². The van der Waals surface area contributed by atoms with Crippen molar-refractivity contribution in [1.82, 2.24) is 29.6 Å². The zero-order chi connectivity index (χ0) is 28.4. The summed E-state index contributed by atoms with van der Waals surface area (Å²) in [4.78, 5) is 30.6. The van der Waals surface area contributed by atoms with E-state index in [2.05, 4.69) is 42.5 Å². The Balaban J connectivity index is 1.33. The maximum atomic E-state index is 13.4. The molecule has 0 atom stereocenters. The van der Waals surface area contributed by atoms with Crippen molar-refractivity contribution in [3.8, 4) is 5.82 Å². The average Bonchev–Trinajstić information content (AvgIpc) is 3.48. The van der Waals surface area contributed by atoms with Gasteiger partial charge in [0.15, 0.2) is 5.82 Å². The number of benzene rings is 1. The van der Waals surface area contributed by atoms with E-state index in [4.69, 9.17) is 4.74 Å². The number of unbranched alkanes of at least 4 members (excludes halogenated alkanes) is 1. The number of carbonyl (C=O) groups is 1. The van der Waals surface area contributed by atoms with Gasteiger partial charge in [0.25, 0.3) is 5.91 Å². The first-order valence-corrected chi connectivity index (χ1v) is 14.1. The van der Waals surface area contributed by atoms with E-state index in [1.54, 1.807) is 41.7 Å². The van der Waals surface area contributed by atoms with Crippen molar-refractivity contribution in [3.63, 3.8) is 0 Å². The maximum absolute atomic E-state index is 13.4. The molecule has 3 aromatic heterocycles. The highest BCUT2D eigenvalue weighted by molar-refractivity contribution is 6.06. The van der Waals surface area contributed by atoms with Crippen LogP contribution in [0.5, 0.6) is 0 Å². The average molecular weight is 556 g/mol. The Morgan fingerprint density at radius 3 is 2.68 bits per heavy atom. The molecule has 0 unspecified atom stereocenters. The lowest BCUT2D eigenvalue weighted by atomic mass is 10.1. The van der Waals surface area contributed by atoms with Crippen LogP contribution in [0, 0.1) is 6.92 Å². The zero-order valence-corrected chi connectivity index (χ0v) is 23.7. The van der Waals surface area contributed by atoms with Gasteiger partial charge >= 0.3 is 0 Å². The molecule has 0 saturated carbocycles. The van der Waals surface area contributed by atoms with E-state index < -0.39 is 0 Å². The number of nitrogens with one attached hydrogen (secondary N) is 2. The number of ether oxygens (including phenoxy) is 1. The first-order valence-electron chi connectivity index (χ1n) is 14.1. The van der Waals surface area contributed by atoms with Crippen LogP contribution >= 0.6 is 0 Å². The van der Waals surface area contributed by atoms with Gasteiger partial charge in [-0.25, -0.2) is 9.97 Å². The molecular weight excluding hydrogens is 518 g/mol. The minimum atomic E-state index is -0.0460. The van der Waals surface area contributed by atoms with E-state index in [1.807, 2.05) is 42.2 Å². The Kier molecular flexibility index (Phi) is 9.50. The van der Waals surface area contributed by atoms with Gasteiger partial charge in [-0.1, -0.05) is 19.4 Å². The third kappa shape index (κ3) is 7.24. The molecule has 0 spiro atoms. The number of carbonyl (C=O) groups excluding carboxylic acids is 1. The van der Waals surface area contributed by atoms with Crippen LogP contribution in [0.3, 0.4) is 0 Å². The molecule has 4 heterocycles. The second-order valence-corrected chi connectivity index (χ2v) is 9.94. The van der Waals surface area contributed by atoms with E-state index in [9.17, 15) is 4.79 Å². The van der Waals surface area contributed by atoms with Gasteiger partial charge in [-0.15, -0.1) is 0 Å². The Morgan fingerprint density at radius 1 is 1.05 bits per heavy atom. The summed E-state index contributed by atoms with van der Waals surface area (Å²) >= 11 is 0. The van der Waals surface area contributed by atoms with Crippen LogP contribution in [-0.4, -0.2) is 81.5 Å². The van der Waals surface area contributed by atoms with Gasteiger partial charge in [0, 0.05) is 74.2 Å². The van der Waals surface area contributed by atoms with Crippen LogP contribution in [0.2, 0.25) is 0 Å². The standard InChI is InChI=1S/C30H37N9O2/c1-3-4-14-38(30(40)24-7-10-31-11-8-24)25-6-5-23(2)26(20-25)36-28-9-12-35-39(28)29-21-27(33-22-34-29)32-13-15-37-16-18-41-19-17-37/h5-12,20-22,36H,3-4,13-19H2,1-2H3,(H,32,33,34). The van der Waals surface area contributed by atoms with Crippen molar-refractivity contribution in [1.29, 1.82) is 0 Å². The second-order valence-electron chi connectivity index (χ2n) is 9.94. The summed E-state index contributed by atoms with van der Waals surface area (Å²) in [6.45, 7) is 9.96. The summed E-state index contributed by atoms with van der Waals surface area (Å²) in [5.74, 6) is 2.09. The molecule has 41 heavy (non-hydrogen) atoms. The van der Waals surface area contributed by atoms with Crippen molar-refractivity contribution < 1.29 is 9.53 Å². The molecule has 2 N–H and O–H groups in total. The van der Waals surface area contributed by atoms with Crippen molar-refractivity contribution in [3.05, 3.63) is 78.5 Å². The van der Waals surface area contributed by atoms with Crippen LogP contribution in [-0.2, 0) is 4.74 Å². The van der Waals surface area contributed by atoms with Crippen molar-refractivity contribution in [2.24, 2.45) is 0 Å². The van der Waals surface area contributed by atoms with Gasteiger partial charge in [0.1, 0.15) is 18.0 Å². The van der Waals surface area contributed by atoms with Crippen molar-refractivity contribution in [2.75, 3.05) is 61.5 Å². The van der Waals surface area contributed by atoms with Gasteiger partial charge in [-0.05, 0) is 43.2 Å². The van der Waals surface area contributed by atoms with Crippen LogP contribution in [0.4, 0.5) is 23.0 Å². The van der Waals surface area contributed by atoms with Gasteiger partial charge < -0.3 is 20.3 Å². The van der Waals surface area contributed by atoms with E-state index in [0.29, 0.717) is 17.9 Å². The van der Waals surface area contributed by atoms with E-state index in [0.717, 1.165) is 80.8 Å². The minimum Gasteiger partial charge on any atom is -0.379 e. The fourth-order valence-electron chi connectivity index (χ4n) is 4.67. The third-order valence-electron chi connectivity index (χ3n) is 7.05. The highest BCUT2D eigenvalue weighted by Crippen LogP contribution is 2.28. The summed E-state index contributed by atoms with van der Waals surface area (Å²) in [5, 5.41) is 11.4. The molecule has 11 nitrogen and oxygen atoms in total. The van der Waals surface area contributed by atoms with Crippen LogP contribution in [0.25, 0.3) is 5.82 Å². The highest BCUT2D eigenvalue weighted by atomic mass is 16.5. The number of pyridine rings is 1. The first-order chi connectivity index (χ1) is 20.1. The topological polar surface area (TPSA) is 113 Å². The van der Waals surface area contributed by atoms with Gasteiger partial charge in [0.2, 0.25) is 0 Å². The second kappa shape index (κ2) is 13.8. The van der Waals surface area contributed by atoms with Crippen molar-refractivity contribution >= 4 is 28.9 Å². The summed E-state index contributed by atoms with van der Waals surface area (Å²) in [5.41, 5.74) is 3.36. The molecule has 214 valence electrons. The number of anilines is 4. The highest BCUT2D eigenvalue weighted by Gasteiger charge is 2.19. The third-order valence-corrected chi connectivity index (χ3v) is 7.05. The molecule has 1 aliphatic heterocycles. The number of amides is 1. The molecule has 1 fully saturated rings. The fraction of sp³-hybridized carbons (Fsp3) is 0.367. The number of morpholine rings is 1. The molecule has 1 aromatic carbocycles. The van der Waals surface area contributed by atoms with Gasteiger partial charge in [0.05, 0.1) is 19.4 Å². The normalized spacial score (nSPS) is 13.6. The van der Waals surface area contributed by atoms with Gasteiger partial charge in [-0.2, -0.15) is 9.78 Å². The minimum absolute atomic E-state index is 0.0460. The molecule has 11 heteroatoms. The lowest BCUT2D eigenvalue weighted by Gasteiger charge is -2.26. The Bertz CT molecular complexity index is 1420. The first kappa shape index (κ1) is 28.2. The summed E-state index contributed by atoms with van der Waals surface area (Å²) in [6.07, 6.45) is 8.45. The largest absolute Gasteiger partial charge is 0.379 e. The molecule has 0 aliphatic carbocycles. The lowest BCUT2D eigenvalue weighted by molar-refractivity contribution is 0.0398. The number of hydrogen-bond acceptors (Lipinski definition) is 9. The van der Waals surface area contributed by atoms with Crippen molar-refractivity contribution in [2.45, 2.75) is 26.7 Å². The molecule has 1 aliphatic rings. The lowest BCUT2D eigenvalue weighted by Crippen LogP contribution is -2.39. The summed E-state index contributed by atoms with van der Waals surface area (Å²) < 4.78 is 7.18. The van der Waals surface area contributed by atoms with E-state index in [-0.39, 0.29) is 5.91 Å². The summed E-state index contributed by atoms with van der Waals surface area (Å²) in [6, 6.07) is 13.3. The predicted octanol–water partition coefficient (Wildman–Crippen LogP) is 4.30. The molecule has 4 aromatic rings. The molecule has 5 rings (SSSR count). The number of aromatic nitrogens is 5. The quantitative estimate of drug-likeness (QED) is 0.264. The number of aryl methyl sites for hydroxylation is 1.